The summed E-state index contributed by atoms with van der Waals surface area (Å²) in [6.45, 7) is 20.6. The van der Waals surface area contributed by atoms with Gasteiger partial charge in [-0.3, -0.25) is 0 Å². The quantitative estimate of drug-likeness (QED) is 0.205. The van der Waals surface area contributed by atoms with Crippen molar-refractivity contribution < 1.29 is 49.0 Å². The first kappa shape index (κ1) is 38.1. The molecule has 0 atom stereocenters. The van der Waals surface area contributed by atoms with E-state index < -0.39 is 0 Å². The van der Waals surface area contributed by atoms with Gasteiger partial charge in [0, 0.05) is 0 Å². The standard InChI is InChI=1S/C27H29.C9H13.C7H6.2ClH.Zr/c1-16-7-9-26(3,4)24-12-18-11-19-13-25-21(17(2)8-10-27(25,5)6)15-23(19)22(18)14-20(16)24;1-9(2,3)8-6-4-5-7-8;1-7-5-3-2-4-6-7;;;/h7-9,12-15H,10-11H2,1-6H3;4-7H,1-3H3;1-6H;2*1H;/q2*-1;;;;+2/p-2. The fraction of sp³-hybridized carbons (Fsp3) is 0.326. The Bertz CT molecular complexity index is 1640. The van der Waals surface area contributed by atoms with Gasteiger partial charge < -0.3 is 24.8 Å². The van der Waals surface area contributed by atoms with E-state index in [9.17, 15) is 0 Å². The van der Waals surface area contributed by atoms with Gasteiger partial charge in [-0.05, 0) is 70.2 Å². The molecule has 0 saturated carbocycles. The summed E-state index contributed by atoms with van der Waals surface area (Å²) in [5.74, 6) is 0. The SMILES string of the molecule is CC(C)(C)c1cc[cH-]c1.CC1=C[CH-]C(C)(C)c2cc3c(cc21)-c1cc2c(cc1C3)C(C)(C)CC=C2C.[Cl-].[Cl-].[Zr+2]=[CH]c1ccccc1. The first-order valence-electron chi connectivity index (χ1n) is 16.0. The van der Waals surface area contributed by atoms with Crippen LogP contribution in [0.4, 0.5) is 0 Å². The Labute approximate surface area is 306 Å². The van der Waals surface area contributed by atoms with Crippen LogP contribution < -0.4 is 24.8 Å². The van der Waals surface area contributed by atoms with Crippen LogP contribution in [-0.2, 0) is 46.9 Å². The van der Waals surface area contributed by atoms with Crippen molar-refractivity contribution in [2.24, 2.45) is 0 Å². The van der Waals surface area contributed by atoms with Crippen LogP contribution in [0, 0.1) is 6.42 Å². The number of rotatable bonds is 1. The van der Waals surface area contributed by atoms with Gasteiger partial charge >= 0.3 is 63.8 Å². The summed E-state index contributed by atoms with van der Waals surface area (Å²) in [6.07, 6.45) is 9.28. The molecule has 46 heavy (non-hydrogen) atoms. The van der Waals surface area contributed by atoms with Crippen molar-refractivity contribution in [3.8, 4) is 11.1 Å². The van der Waals surface area contributed by atoms with Crippen LogP contribution in [0.1, 0.15) is 113 Å². The first-order valence-corrected chi connectivity index (χ1v) is 17.5. The summed E-state index contributed by atoms with van der Waals surface area (Å²) in [6, 6.07) is 28.8. The third-order valence-corrected chi connectivity index (χ3v) is 10.4. The maximum atomic E-state index is 2.51. The molecule has 0 aliphatic heterocycles. The van der Waals surface area contributed by atoms with Crippen molar-refractivity contribution in [1.29, 1.82) is 0 Å². The molecule has 0 nitrogen and oxygen atoms in total. The molecule has 0 amide bonds. The van der Waals surface area contributed by atoms with Crippen molar-refractivity contribution >= 4 is 14.9 Å². The van der Waals surface area contributed by atoms with Crippen LogP contribution in [0.5, 0.6) is 0 Å². The topological polar surface area (TPSA) is 0 Å². The van der Waals surface area contributed by atoms with Crippen LogP contribution in [0.3, 0.4) is 0 Å². The average molecular weight is 727 g/mol. The maximum absolute atomic E-state index is 2.51. The molecular weight excluding hydrogens is 679 g/mol. The molecule has 3 heteroatoms. The molecule has 7 rings (SSSR count). The summed E-state index contributed by atoms with van der Waals surface area (Å²) in [4.78, 5) is 0. The number of hydrogen-bond donors (Lipinski definition) is 0. The van der Waals surface area contributed by atoms with Crippen LogP contribution in [0.2, 0.25) is 0 Å². The normalized spacial score (nSPS) is 15.9. The van der Waals surface area contributed by atoms with E-state index in [0.717, 1.165) is 12.8 Å². The van der Waals surface area contributed by atoms with Gasteiger partial charge in [0.2, 0.25) is 0 Å². The molecule has 3 aliphatic carbocycles. The van der Waals surface area contributed by atoms with E-state index in [4.69, 9.17) is 0 Å². The van der Waals surface area contributed by atoms with Gasteiger partial charge in [-0.2, -0.15) is 29.3 Å². The Morgan fingerprint density at radius 1 is 0.761 bits per heavy atom. The zero-order chi connectivity index (χ0) is 31.9. The van der Waals surface area contributed by atoms with Crippen LogP contribution in [-0.4, -0.2) is 3.71 Å². The molecule has 0 N–H and O–H groups in total. The van der Waals surface area contributed by atoms with E-state index in [2.05, 4.69) is 157 Å². The van der Waals surface area contributed by atoms with E-state index in [0.29, 0.717) is 5.41 Å². The Kier molecular flexibility index (Phi) is 12.3. The van der Waals surface area contributed by atoms with Gasteiger partial charge in [0.1, 0.15) is 0 Å². The Hall–Kier alpha value is -2.31. The minimum atomic E-state index is 0. The molecule has 0 bridgehead atoms. The fourth-order valence-corrected chi connectivity index (χ4v) is 7.07. The van der Waals surface area contributed by atoms with E-state index in [1.807, 2.05) is 6.07 Å². The molecule has 0 spiro atoms. The Morgan fingerprint density at radius 3 is 1.85 bits per heavy atom. The second-order valence-corrected chi connectivity index (χ2v) is 15.7. The molecule has 4 aromatic carbocycles. The molecule has 0 heterocycles. The van der Waals surface area contributed by atoms with E-state index in [1.165, 1.54) is 91.0 Å². The van der Waals surface area contributed by atoms with Crippen molar-refractivity contribution in [1.82, 2.24) is 0 Å². The predicted molar refractivity (Wildman–Crippen MR) is 189 cm³/mol. The van der Waals surface area contributed by atoms with Gasteiger partial charge in [0.25, 0.3) is 0 Å². The fourth-order valence-electron chi connectivity index (χ4n) is 6.60. The predicted octanol–water partition coefficient (Wildman–Crippen LogP) is 5.34. The first-order chi connectivity index (χ1) is 20.7. The monoisotopic (exact) mass is 724 g/mol. The van der Waals surface area contributed by atoms with Crippen LogP contribution in [0.25, 0.3) is 22.3 Å². The minimum absolute atomic E-state index is 0. The molecule has 3 aliphatic rings. The molecular formula is C43H48Cl2Zr-2. The number of fused-ring (bicyclic) bond motifs is 5. The summed E-state index contributed by atoms with van der Waals surface area (Å²) in [7, 11) is 0. The van der Waals surface area contributed by atoms with Crippen LogP contribution >= 0.6 is 0 Å². The summed E-state index contributed by atoms with van der Waals surface area (Å²) in [5.41, 5.74) is 18.0. The van der Waals surface area contributed by atoms with E-state index in [1.54, 1.807) is 0 Å². The summed E-state index contributed by atoms with van der Waals surface area (Å²) >= 11 is 1.46. The molecule has 0 aromatic heterocycles. The van der Waals surface area contributed by atoms with Crippen molar-refractivity contribution in [3.63, 3.8) is 0 Å². The summed E-state index contributed by atoms with van der Waals surface area (Å²) < 4.78 is 2.17. The van der Waals surface area contributed by atoms with Crippen molar-refractivity contribution in [2.45, 2.75) is 91.4 Å². The van der Waals surface area contributed by atoms with Gasteiger partial charge in [-0.1, -0.05) is 89.1 Å². The molecule has 0 radical (unpaired) electrons. The van der Waals surface area contributed by atoms with Gasteiger partial charge in [0.15, 0.2) is 0 Å². The van der Waals surface area contributed by atoms with Crippen LogP contribution in [0.15, 0.2) is 91.0 Å². The second-order valence-electron chi connectivity index (χ2n) is 15.0. The summed E-state index contributed by atoms with van der Waals surface area (Å²) in [5, 5.41) is 0. The van der Waals surface area contributed by atoms with Crippen molar-refractivity contribution in [2.75, 3.05) is 0 Å². The number of halogens is 2. The molecule has 0 fully saturated rings. The Morgan fingerprint density at radius 2 is 1.35 bits per heavy atom. The molecule has 240 valence electrons. The molecule has 0 saturated heterocycles. The van der Waals surface area contributed by atoms with Crippen molar-refractivity contribution in [3.05, 3.63) is 142 Å². The van der Waals surface area contributed by atoms with E-state index >= 15 is 0 Å². The number of hydrogen-bond acceptors (Lipinski definition) is 0. The molecule has 4 aromatic rings. The number of allylic oxidation sites excluding steroid dienone is 4. The second kappa shape index (κ2) is 14.9. The third-order valence-electron chi connectivity index (χ3n) is 9.59. The zero-order valence-electron chi connectivity index (χ0n) is 29.0. The van der Waals surface area contributed by atoms with E-state index in [-0.39, 0.29) is 35.6 Å². The zero-order valence-corrected chi connectivity index (χ0v) is 33.0. The van der Waals surface area contributed by atoms with Gasteiger partial charge in [-0.15, -0.1) is 12.5 Å². The van der Waals surface area contributed by atoms with Gasteiger partial charge in [0.05, 0.1) is 0 Å². The van der Waals surface area contributed by atoms with Gasteiger partial charge in [-0.25, -0.2) is 18.6 Å². The number of benzene rings is 3. The Balaban J connectivity index is 0.000000250. The molecule has 0 unspecified atom stereocenters. The third kappa shape index (κ3) is 8.04. The average Bonchev–Trinajstić information content (AvgIpc) is 3.66.